The molecule has 0 aliphatic rings. The summed E-state index contributed by atoms with van der Waals surface area (Å²) >= 11 is 0. The van der Waals surface area contributed by atoms with E-state index in [2.05, 4.69) is 21.9 Å². The third-order valence-corrected chi connectivity index (χ3v) is 1.51. The molecule has 0 bridgehead atoms. The van der Waals surface area contributed by atoms with Crippen LogP contribution in [0.25, 0.3) is 0 Å². The van der Waals surface area contributed by atoms with Gasteiger partial charge in [0.25, 0.3) is 0 Å². The molecule has 0 saturated carbocycles. The van der Waals surface area contributed by atoms with Crippen LogP contribution in [0.15, 0.2) is 12.7 Å². The van der Waals surface area contributed by atoms with Gasteiger partial charge in [0.2, 0.25) is 5.91 Å². The lowest BCUT2D eigenvalue weighted by atomic mass is 10.3. The van der Waals surface area contributed by atoms with Crippen LogP contribution >= 0.6 is 0 Å². The molecular weight excluding hydrogens is 184 g/mol. The van der Waals surface area contributed by atoms with Gasteiger partial charge in [-0.1, -0.05) is 6.08 Å². The van der Waals surface area contributed by atoms with Gasteiger partial charge in [-0.05, 0) is 6.92 Å². The van der Waals surface area contributed by atoms with Crippen LogP contribution in [0.5, 0.6) is 0 Å². The summed E-state index contributed by atoms with van der Waals surface area (Å²) < 4.78 is 4.45. The van der Waals surface area contributed by atoms with Crippen molar-refractivity contribution in [3.05, 3.63) is 12.7 Å². The van der Waals surface area contributed by atoms with Crippen molar-refractivity contribution in [2.45, 2.75) is 13.0 Å². The number of amides is 1. The summed E-state index contributed by atoms with van der Waals surface area (Å²) in [7, 11) is 1.28. The van der Waals surface area contributed by atoms with Crippen LogP contribution in [-0.2, 0) is 14.3 Å². The first-order valence-electron chi connectivity index (χ1n) is 4.30. The molecule has 0 saturated heterocycles. The topological polar surface area (TPSA) is 67.4 Å². The predicted octanol–water partition coefficient (Wildman–Crippen LogP) is -0.560. The average molecular weight is 200 g/mol. The van der Waals surface area contributed by atoms with Crippen LogP contribution in [0.1, 0.15) is 6.92 Å². The molecule has 0 spiro atoms. The van der Waals surface area contributed by atoms with Crippen molar-refractivity contribution in [2.75, 3.05) is 20.2 Å². The highest BCUT2D eigenvalue weighted by Gasteiger charge is 2.14. The standard InChI is InChI=1S/C9H16N2O3/c1-4-5-10-6-8(12)11-7(2)9(13)14-3/h4,7,10H,1,5-6H2,2-3H3,(H,11,12). The fourth-order valence-corrected chi connectivity index (χ4v) is 0.816. The molecule has 0 aliphatic carbocycles. The number of ether oxygens (including phenoxy) is 1. The lowest BCUT2D eigenvalue weighted by Gasteiger charge is -2.11. The van der Waals surface area contributed by atoms with Gasteiger partial charge in [-0.25, -0.2) is 4.79 Å². The molecule has 0 fully saturated rings. The van der Waals surface area contributed by atoms with Crippen LogP contribution in [0.2, 0.25) is 0 Å². The third kappa shape index (κ3) is 5.31. The summed E-state index contributed by atoms with van der Waals surface area (Å²) in [6.07, 6.45) is 1.65. The molecule has 1 amide bonds. The van der Waals surface area contributed by atoms with E-state index in [0.29, 0.717) is 6.54 Å². The predicted molar refractivity (Wildman–Crippen MR) is 52.7 cm³/mol. The Morgan fingerprint density at radius 2 is 2.21 bits per heavy atom. The molecule has 0 radical (unpaired) electrons. The fraction of sp³-hybridized carbons (Fsp3) is 0.556. The highest BCUT2D eigenvalue weighted by molar-refractivity contribution is 5.85. The quantitative estimate of drug-likeness (QED) is 0.342. The Labute approximate surface area is 83.5 Å². The van der Waals surface area contributed by atoms with E-state index in [1.54, 1.807) is 13.0 Å². The lowest BCUT2D eigenvalue weighted by Crippen LogP contribution is -2.43. The number of rotatable bonds is 6. The SMILES string of the molecule is C=CCNCC(=O)NC(C)C(=O)OC. The second-order valence-corrected chi connectivity index (χ2v) is 2.73. The molecule has 80 valence electrons. The van der Waals surface area contributed by atoms with E-state index in [9.17, 15) is 9.59 Å². The smallest absolute Gasteiger partial charge is 0.328 e. The summed E-state index contributed by atoms with van der Waals surface area (Å²) in [6, 6.07) is -0.613. The minimum absolute atomic E-state index is 0.160. The normalized spacial score (nSPS) is 11.6. The Bertz CT molecular complexity index is 216. The Hall–Kier alpha value is -1.36. The minimum atomic E-state index is -0.613. The number of hydrogen-bond donors (Lipinski definition) is 2. The van der Waals surface area contributed by atoms with Crippen LogP contribution in [0, 0.1) is 0 Å². The zero-order valence-corrected chi connectivity index (χ0v) is 8.50. The Kier molecular flexibility index (Phi) is 6.39. The Morgan fingerprint density at radius 1 is 1.57 bits per heavy atom. The molecule has 5 nitrogen and oxygen atoms in total. The van der Waals surface area contributed by atoms with Gasteiger partial charge in [0.15, 0.2) is 0 Å². The van der Waals surface area contributed by atoms with Crippen LogP contribution in [0.4, 0.5) is 0 Å². The Balaban J connectivity index is 3.70. The number of nitrogens with one attached hydrogen (secondary N) is 2. The van der Waals surface area contributed by atoms with E-state index in [-0.39, 0.29) is 12.5 Å². The van der Waals surface area contributed by atoms with Gasteiger partial charge in [0, 0.05) is 6.54 Å². The molecule has 1 atom stereocenters. The minimum Gasteiger partial charge on any atom is -0.467 e. The van der Waals surface area contributed by atoms with Crippen molar-refractivity contribution in [2.24, 2.45) is 0 Å². The van der Waals surface area contributed by atoms with E-state index in [1.807, 2.05) is 0 Å². The number of hydrogen-bond acceptors (Lipinski definition) is 4. The van der Waals surface area contributed by atoms with E-state index in [1.165, 1.54) is 7.11 Å². The first kappa shape index (κ1) is 12.6. The highest BCUT2D eigenvalue weighted by Crippen LogP contribution is 1.84. The largest absolute Gasteiger partial charge is 0.467 e. The number of methoxy groups -OCH3 is 1. The molecule has 5 heteroatoms. The van der Waals surface area contributed by atoms with Gasteiger partial charge in [-0.2, -0.15) is 0 Å². The second kappa shape index (κ2) is 7.08. The van der Waals surface area contributed by atoms with Crippen molar-refractivity contribution < 1.29 is 14.3 Å². The van der Waals surface area contributed by atoms with Crippen LogP contribution in [-0.4, -0.2) is 38.1 Å². The molecule has 0 rings (SSSR count). The summed E-state index contributed by atoms with van der Waals surface area (Å²) in [6.45, 7) is 5.77. The number of carbonyl (C=O) groups is 2. The van der Waals surface area contributed by atoms with Gasteiger partial charge in [0.05, 0.1) is 13.7 Å². The first-order valence-corrected chi connectivity index (χ1v) is 4.30. The highest BCUT2D eigenvalue weighted by atomic mass is 16.5. The van der Waals surface area contributed by atoms with E-state index in [0.717, 1.165) is 0 Å². The summed E-state index contributed by atoms with van der Waals surface area (Å²) in [5.41, 5.74) is 0. The van der Waals surface area contributed by atoms with Crippen molar-refractivity contribution in [3.8, 4) is 0 Å². The molecule has 0 aromatic carbocycles. The maximum Gasteiger partial charge on any atom is 0.328 e. The molecule has 0 aromatic rings. The first-order chi connectivity index (χ1) is 6.61. The van der Waals surface area contributed by atoms with Crippen LogP contribution in [0.3, 0.4) is 0 Å². The van der Waals surface area contributed by atoms with Crippen LogP contribution < -0.4 is 10.6 Å². The second-order valence-electron chi connectivity index (χ2n) is 2.73. The van der Waals surface area contributed by atoms with Crippen molar-refractivity contribution in [1.82, 2.24) is 10.6 Å². The molecule has 2 N–H and O–H groups in total. The molecule has 0 heterocycles. The lowest BCUT2D eigenvalue weighted by molar-refractivity contribution is -0.144. The zero-order chi connectivity index (χ0) is 11.0. The molecular formula is C9H16N2O3. The molecule has 14 heavy (non-hydrogen) atoms. The molecule has 0 aliphatic heterocycles. The van der Waals surface area contributed by atoms with Gasteiger partial charge >= 0.3 is 5.97 Å². The summed E-state index contributed by atoms with van der Waals surface area (Å²) in [5.74, 6) is -0.702. The van der Waals surface area contributed by atoms with Crippen molar-refractivity contribution in [3.63, 3.8) is 0 Å². The number of esters is 1. The number of carbonyl (C=O) groups excluding carboxylic acids is 2. The van der Waals surface area contributed by atoms with Crippen molar-refractivity contribution in [1.29, 1.82) is 0 Å². The monoisotopic (exact) mass is 200 g/mol. The van der Waals surface area contributed by atoms with Crippen molar-refractivity contribution >= 4 is 11.9 Å². The average Bonchev–Trinajstić information content (AvgIpc) is 2.16. The third-order valence-electron chi connectivity index (χ3n) is 1.51. The zero-order valence-electron chi connectivity index (χ0n) is 8.50. The molecule has 1 unspecified atom stereocenters. The fourth-order valence-electron chi connectivity index (χ4n) is 0.816. The van der Waals surface area contributed by atoms with Gasteiger partial charge in [0.1, 0.15) is 6.04 Å². The Morgan fingerprint density at radius 3 is 2.71 bits per heavy atom. The van der Waals surface area contributed by atoms with E-state index in [4.69, 9.17) is 0 Å². The van der Waals surface area contributed by atoms with E-state index < -0.39 is 12.0 Å². The van der Waals surface area contributed by atoms with Gasteiger partial charge in [-0.3, -0.25) is 4.79 Å². The molecule has 0 aromatic heterocycles. The maximum atomic E-state index is 11.1. The van der Waals surface area contributed by atoms with E-state index >= 15 is 0 Å². The van der Waals surface area contributed by atoms with Gasteiger partial charge in [-0.15, -0.1) is 6.58 Å². The van der Waals surface area contributed by atoms with Gasteiger partial charge < -0.3 is 15.4 Å². The summed E-state index contributed by atoms with van der Waals surface area (Å²) in [4.78, 5) is 22.0. The maximum absolute atomic E-state index is 11.1. The summed E-state index contributed by atoms with van der Waals surface area (Å²) in [5, 5.41) is 5.29.